The molecule has 4 aromatic rings. The number of rotatable bonds is 3. The van der Waals surface area contributed by atoms with E-state index in [2.05, 4.69) is 43.2 Å². The van der Waals surface area contributed by atoms with Gasteiger partial charge in [-0.1, -0.05) is 0 Å². The van der Waals surface area contributed by atoms with Gasteiger partial charge in [-0.3, -0.25) is 5.10 Å². The van der Waals surface area contributed by atoms with Crippen molar-refractivity contribution in [3.63, 3.8) is 0 Å². The van der Waals surface area contributed by atoms with Crippen LogP contribution in [0.3, 0.4) is 0 Å². The topological polar surface area (TPSA) is 63.8 Å². The molecule has 0 bridgehead atoms. The van der Waals surface area contributed by atoms with Gasteiger partial charge in [-0.15, -0.1) is 0 Å². The Labute approximate surface area is 174 Å². The highest BCUT2D eigenvalue weighted by Gasteiger charge is 2.26. The fourth-order valence-corrected chi connectivity index (χ4v) is 5.07. The lowest BCUT2D eigenvalue weighted by Gasteiger charge is -2.37. The quantitative estimate of drug-likeness (QED) is 0.534. The highest BCUT2D eigenvalue weighted by molar-refractivity contribution is 5.93. The van der Waals surface area contributed by atoms with Gasteiger partial charge in [-0.25, -0.2) is 9.37 Å². The molecule has 30 heavy (non-hydrogen) atoms. The van der Waals surface area contributed by atoms with E-state index < -0.39 is 0 Å². The summed E-state index contributed by atoms with van der Waals surface area (Å²) in [6, 6.07) is 11.8. The third kappa shape index (κ3) is 3.04. The minimum absolute atomic E-state index is 0.277. The molecule has 6 rings (SSSR count). The molecular formula is C23H25FN6. The van der Waals surface area contributed by atoms with Crippen LogP contribution in [0, 0.1) is 5.82 Å². The summed E-state index contributed by atoms with van der Waals surface area (Å²) in [6.07, 6.45) is 5.18. The third-order valence-corrected chi connectivity index (χ3v) is 6.70. The fraction of sp³-hybridized carbons (Fsp3) is 0.391. The van der Waals surface area contributed by atoms with Crippen LogP contribution < -0.4 is 4.90 Å². The maximum Gasteiger partial charge on any atom is 0.159 e. The van der Waals surface area contributed by atoms with Crippen LogP contribution in [0.5, 0.6) is 0 Å². The molecule has 2 aliphatic heterocycles. The van der Waals surface area contributed by atoms with E-state index in [1.54, 1.807) is 6.07 Å². The Morgan fingerprint density at radius 2 is 1.73 bits per heavy atom. The first-order valence-corrected chi connectivity index (χ1v) is 10.9. The predicted octanol–water partition coefficient (Wildman–Crippen LogP) is 4.31. The number of hydrogen-bond donors (Lipinski definition) is 2. The van der Waals surface area contributed by atoms with Crippen LogP contribution in [0.15, 0.2) is 36.4 Å². The van der Waals surface area contributed by atoms with Gasteiger partial charge >= 0.3 is 0 Å². The summed E-state index contributed by atoms with van der Waals surface area (Å²) < 4.78 is 13.7. The van der Waals surface area contributed by atoms with Crippen molar-refractivity contribution in [1.82, 2.24) is 25.1 Å². The summed E-state index contributed by atoms with van der Waals surface area (Å²) >= 11 is 0. The van der Waals surface area contributed by atoms with E-state index in [0.717, 1.165) is 41.1 Å². The zero-order valence-electron chi connectivity index (χ0n) is 16.9. The molecule has 0 aliphatic carbocycles. The Balaban J connectivity index is 1.26. The normalized spacial score (nSPS) is 18.8. The lowest BCUT2D eigenvalue weighted by atomic mass is 10.0. The number of imidazole rings is 1. The zero-order valence-corrected chi connectivity index (χ0v) is 16.9. The number of aromatic nitrogens is 4. The van der Waals surface area contributed by atoms with Crippen LogP contribution in [0.25, 0.3) is 33.5 Å². The van der Waals surface area contributed by atoms with Crippen molar-refractivity contribution in [3.8, 4) is 11.5 Å². The van der Waals surface area contributed by atoms with Gasteiger partial charge in [0.1, 0.15) is 11.5 Å². The number of H-pyrrole nitrogens is 2. The minimum atomic E-state index is -0.277. The molecule has 2 saturated heterocycles. The molecular weight excluding hydrogens is 379 g/mol. The molecule has 4 heterocycles. The van der Waals surface area contributed by atoms with E-state index in [-0.39, 0.29) is 5.82 Å². The molecule has 2 aromatic carbocycles. The molecule has 0 unspecified atom stereocenters. The van der Waals surface area contributed by atoms with Crippen molar-refractivity contribution in [1.29, 1.82) is 0 Å². The summed E-state index contributed by atoms with van der Waals surface area (Å²) in [5, 5.41) is 8.05. The molecule has 2 aliphatic rings. The Kier molecular flexibility index (Phi) is 4.23. The number of aromatic amines is 2. The molecule has 0 amide bonds. The number of anilines is 1. The second kappa shape index (κ2) is 7.09. The zero-order chi connectivity index (χ0) is 20.1. The monoisotopic (exact) mass is 404 g/mol. The van der Waals surface area contributed by atoms with Crippen molar-refractivity contribution in [2.45, 2.75) is 31.7 Å². The van der Waals surface area contributed by atoms with Gasteiger partial charge < -0.3 is 14.8 Å². The summed E-state index contributed by atoms with van der Waals surface area (Å²) in [5.74, 6) is 0.382. The van der Waals surface area contributed by atoms with Crippen molar-refractivity contribution < 1.29 is 4.39 Å². The number of benzene rings is 2. The van der Waals surface area contributed by atoms with Crippen LogP contribution in [0.2, 0.25) is 0 Å². The van der Waals surface area contributed by atoms with Crippen LogP contribution in [0.4, 0.5) is 10.1 Å². The maximum absolute atomic E-state index is 13.7. The van der Waals surface area contributed by atoms with Crippen LogP contribution in [-0.4, -0.2) is 57.3 Å². The second-order valence-corrected chi connectivity index (χ2v) is 8.51. The van der Waals surface area contributed by atoms with Crippen molar-refractivity contribution in [2.24, 2.45) is 0 Å². The number of fused-ring (bicyclic) bond motifs is 2. The SMILES string of the molecule is Fc1ccc2[nH]nc(-c3nc4cc(N5CCC(N6CCCC6)CC5)ccc4[nH]3)c2c1. The highest BCUT2D eigenvalue weighted by atomic mass is 19.1. The van der Waals surface area contributed by atoms with E-state index in [9.17, 15) is 4.39 Å². The molecule has 2 fully saturated rings. The Morgan fingerprint density at radius 1 is 0.933 bits per heavy atom. The first-order chi connectivity index (χ1) is 14.7. The van der Waals surface area contributed by atoms with Gasteiger partial charge in [0.15, 0.2) is 5.82 Å². The lowest BCUT2D eigenvalue weighted by Crippen LogP contribution is -2.43. The van der Waals surface area contributed by atoms with Gasteiger partial charge in [0.2, 0.25) is 0 Å². The molecule has 7 heteroatoms. The first-order valence-electron chi connectivity index (χ1n) is 10.9. The summed E-state index contributed by atoms with van der Waals surface area (Å²) in [4.78, 5) is 13.3. The van der Waals surface area contributed by atoms with Gasteiger partial charge in [0.25, 0.3) is 0 Å². The molecule has 0 atom stereocenters. The number of hydrogen-bond acceptors (Lipinski definition) is 4. The molecule has 2 N–H and O–H groups in total. The maximum atomic E-state index is 13.7. The summed E-state index contributed by atoms with van der Waals surface area (Å²) in [6.45, 7) is 4.73. The molecule has 2 aromatic heterocycles. The fourth-order valence-electron chi connectivity index (χ4n) is 5.07. The Bertz CT molecular complexity index is 1200. The highest BCUT2D eigenvalue weighted by Crippen LogP contribution is 2.30. The Morgan fingerprint density at radius 3 is 2.57 bits per heavy atom. The summed E-state index contributed by atoms with van der Waals surface area (Å²) in [7, 11) is 0. The van der Waals surface area contributed by atoms with E-state index in [4.69, 9.17) is 4.98 Å². The second-order valence-electron chi connectivity index (χ2n) is 8.51. The standard InChI is InChI=1S/C23H25FN6/c24-15-3-5-19-18(13-15)22(28-27-19)23-25-20-6-4-17(14-21(20)26-23)30-11-7-16(8-12-30)29-9-1-2-10-29/h3-6,13-14,16H,1-2,7-12H2,(H,25,26)(H,27,28). The third-order valence-electron chi connectivity index (χ3n) is 6.70. The van der Waals surface area contributed by atoms with Gasteiger partial charge in [-0.05, 0) is 75.2 Å². The number of nitrogens with one attached hydrogen (secondary N) is 2. The van der Waals surface area contributed by atoms with E-state index in [0.29, 0.717) is 11.5 Å². The van der Waals surface area contributed by atoms with Gasteiger partial charge in [-0.2, -0.15) is 5.10 Å². The largest absolute Gasteiger partial charge is 0.371 e. The molecule has 0 spiro atoms. The number of likely N-dealkylation sites (tertiary alicyclic amines) is 1. The molecule has 0 radical (unpaired) electrons. The van der Waals surface area contributed by atoms with Crippen LogP contribution >= 0.6 is 0 Å². The number of nitrogens with zero attached hydrogens (tertiary/aromatic N) is 4. The van der Waals surface area contributed by atoms with Gasteiger partial charge in [0, 0.05) is 30.2 Å². The van der Waals surface area contributed by atoms with E-state index in [1.165, 1.54) is 56.6 Å². The lowest BCUT2D eigenvalue weighted by molar-refractivity contribution is 0.208. The van der Waals surface area contributed by atoms with E-state index in [1.807, 2.05) is 0 Å². The average molecular weight is 404 g/mol. The minimum Gasteiger partial charge on any atom is -0.371 e. The Hall–Kier alpha value is -2.93. The number of piperidine rings is 1. The van der Waals surface area contributed by atoms with Crippen molar-refractivity contribution >= 4 is 27.6 Å². The van der Waals surface area contributed by atoms with Crippen molar-refractivity contribution in [3.05, 3.63) is 42.2 Å². The van der Waals surface area contributed by atoms with E-state index >= 15 is 0 Å². The van der Waals surface area contributed by atoms with Crippen molar-refractivity contribution in [2.75, 3.05) is 31.1 Å². The summed E-state index contributed by atoms with van der Waals surface area (Å²) in [5.41, 5.74) is 4.55. The predicted molar refractivity (Wildman–Crippen MR) is 117 cm³/mol. The van der Waals surface area contributed by atoms with Gasteiger partial charge in [0.05, 0.1) is 16.6 Å². The van der Waals surface area contributed by atoms with Crippen LogP contribution in [-0.2, 0) is 0 Å². The van der Waals surface area contributed by atoms with Crippen LogP contribution in [0.1, 0.15) is 25.7 Å². The smallest absolute Gasteiger partial charge is 0.159 e. The molecule has 6 nitrogen and oxygen atoms in total. The average Bonchev–Trinajstić information content (AvgIpc) is 3.52. The molecule has 0 saturated carbocycles. The first kappa shape index (κ1) is 17.9. The molecule has 154 valence electrons. The number of halogens is 1.